The third-order valence-corrected chi connectivity index (χ3v) is 4.99. The lowest BCUT2D eigenvalue weighted by molar-refractivity contribution is -0.132. The van der Waals surface area contributed by atoms with Gasteiger partial charge in [-0.1, -0.05) is 12.1 Å². The average molecular weight is 357 g/mol. The van der Waals surface area contributed by atoms with Crippen LogP contribution in [0.3, 0.4) is 0 Å². The number of carboxylic acids is 1. The Morgan fingerprint density at radius 1 is 1.31 bits per heavy atom. The van der Waals surface area contributed by atoms with Crippen LogP contribution in [0, 0.1) is 0 Å². The second-order valence-electron chi connectivity index (χ2n) is 6.82. The molecule has 1 saturated heterocycles. The smallest absolute Gasteiger partial charge is 0.335 e. The minimum absolute atomic E-state index is 0.0810. The number of hydrazone groups is 1. The molecule has 0 bridgehead atoms. The minimum atomic E-state index is -0.934. The van der Waals surface area contributed by atoms with Crippen molar-refractivity contribution in [1.82, 2.24) is 10.3 Å². The van der Waals surface area contributed by atoms with Crippen LogP contribution in [0.1, 0.15) is 60.4 Å². The fourth-order valence-corrected chi connectivity index (χ4v) is 3.50. The van der Waals surface area contributed by atoms with Crippen LogP contribution in [0.4, 0.5) is 0 Å². The van der Waals surface area contributed by atoms with Crippen LogP contribution in [0.25, 0.3) is 0 Å². The van der Waals surface area contributed by atoms with Gasteiger partial charge in [0, 0.05) is 37.6 Å². The Labute approximate surface area is 152 Å². The van der Waals surface area contributed by atoms with E-state index in [1.165, 1.54) is 0 Å². The highest BCUT2D eigenvalue weighted by Crippen LogP contribution is 2.28. The molecule has 0 unspecified atom stereocenters. The fourth-order valence-electron chi connectivity index (χ4n) is 3.50. The van der Waals surface area contributed by atoms with Crippen molar-refractivity contribution in [3.8, 4) is 0 Å². The number of hydrogen-bond acceptors (Lipinski definition) is 4. The number of rotatable bonds is 5. The molecule has 7 nitrogen and oxygen atoms in total. The van der Waals surface area contributed by atoms with Gasteiger partial charge >= 0.3 is 5.97 Å². The zero-order valence-electron chi connectivity index (χ0n) is 14.6. The number of benzene rings is 1. The molecule has 2 aliphatic rings. The van der Waals surface area contributed by atoms with E-state index in [0.717, 1.165) is 30.7 Å². The zero-order chi connectivity index (χ0) is 18.5. The summed E-state index contributed by atoms with van der Waals surface area (Å²) in [5.41, 5.74) is 4.57. The molecule has 2 amide bonds. The lowest BCUT2D eigenvalue weighted by atomic mass is 9.89. The molecular weight excluding hydrogens is 334 g/mol. The normalized spacial score (nSPS) is 20.3. The summed E-state index contributed by atoms with van der Waals surface area (Å²) >= 11 is 0. The number of amides is 2. The van der Waals surface area contributed by atoms with Gasteiger partial charge in [0.1, 0.15) is 0 Å². The molecular formula is C19H23N3O4. The van der Waals surface area contributed by atoms with Crippen LogP contribution < -0.4 is 5.43 Å². The maximum absolute atomic E-state index is 12.5. The molecule has 7 heteroatoms. The van der Waals surface area contributed by atoms with Gasteiger partial charge in [-0.3, -0.25) is 9.59 Å². The standard InChI is InChI=1S/C19H23N3O4/c23-17-8-6-16(20-21-17)7-9-18(24)22-10-2-5-15(12-22)13-3-1-4-14(11-13)19(25)26/h1,3-4,11,15H,2,5-10,12H2,(H,21,23)(H,25,26)/t15-/m1/s1. The molecule has 1 atom stereocenters. The Bertz CT molecular complexity index is 744. The van der Waals surface area contributed by atoms with E-state index in [4.69, 9.17) is 5.11 Å². The Hall–Kier alpha value is -2.70. The highest BCUT2D eigenvalue weighted by Gasteiger charge is 2.25. The van der Waals surface area contributed by atoms with E-state index < -0.39 is 5.97 Å². The SMILES string of the molecule is O=C1CCC(CCC(=O)N2CCC[C@@H](c3cccc(C(=O)O)c3)C2)=NN1. The average Bonchev–Trinajstić information content (AvgIpc) is 2.67. The van der Waals surface area contributed by atoms with Crippen molar-refractivity contribution in [1.29, 1.82) is 0 Å². The van der Waals surface area contributed by atoms with Crippen molar-refractivity contribution in [2.75, 3.05) is 13.1 Å². The van der Waals surface area contributed by atoms with E-state index in [2.05, 4.69) is 10.5 Å². The molecule has 2 aliphatic heterocycles. The van der Waals surface area contributed by atoms with Gasteiger partial charge in [-0.25, -0.2) is 10.2 Å². The summed E-state index contributed by atoms with van der Waals surface area (Å²) in [6, 6.07) is 6.99. The number of nitrogens with zero attached hydrogens (tertiary/aromatic N) is 2. The second-order valence-corrected chi connectivity index (χ2v) is 6.82. The summed E-state index contributed by atoms with van der Waals surface area (Å²) < 4.78 is 0. The van der Waals surface area contributed by atoms with E-state index >= 15 is 0 Å². The van der Waals surface area contributed by atoms with Crippen molar-refractivity contribution in [2.45, 2.75) is 44.4 Å². The number of nitrogens with one attached hydrogen (secondary N) is 1. The number of piperidine rings is 1. The van der Waals surface area contributed by atoms with Crippen molar-refractivity contribution in [2.24, 2.45) is 5.10 Å². The van der Waals surface area contributed by atoms with E-state index in [1.54, 1.807) is 18.2 Å². The number of hydrogen-bond donors (Lipinski definition) is 2. The zero-order valence-corrected chi connectivity index (χ0v) is 14.6. The molecule has 1 aromatic rings. The molecule has 26 heavy (non-hydrogen) atoms. The maximum Gasteiger partial charge on any atom is 0.335 e. The molecule has 1 fully saturated rings. The van der Waals surface area contributed by atoms with E-state index in [1.807, 2.05) is 11.0 Å². The van der Waals surface area contributed by atoms with Crippen LogP contribution in [-0.2, 0) is 9.59 Å². The van der Waals surface area contributed by atoms with Crippen LogP contribution in [0.15, 0.2) is 29.4 Å². The van der Waals surface area contributed by atoms with Gasteiger partial charge in [0.05, 0.1) is 5.56 Å². The first kappa shape index (κ1) is 18.1. The topological polar surface area (TPSA) is 99.1 Å². The Morgan fingerprint density at radius 3 is 2.88 bits per heavy atom. The lowest BCUT2D eigenvalue weighted by Crippen LogP contribution is -2.39. The van der Waals surface area contributed by atoms with Crippen LogP contribution in [0.2, 0.25) is 0 Å². The first-order valence-electron chi connectivity index (χ1n) is 8.98. The molecule has 0 spiro atoms. The summed E-state index contributed by atoms with van der Waals surface area (Å²) in [6.45, 7) is 1.35. The number of carboxylic acid groups (broad SMARTS) is 1. The largest absolute Gasteiger partial charge is 0.478 e. The summed E-state index contributed by atoms with van der Waals surface area (Å²) in [6.07, 6.45) is 3.85. The third kappa shape index (κ3) is 4.47. The van der Waals surface area contributed by atoms with Gasteiger partial charge in [0.25, 0.3) is 0 Å². The van der Waals surface area contributed by atoms with Crippen LogP contribution in [-0.4, -0.2) is 46.6 Å². The maximum atomic E-state index is 12.5. The number of carbonyl (C=O) groups is 3. The van der Waals surface area contributed by atoms with Crippen LogP contribution >= 0.6 is 0 Å². The summed E-state index contributed by atoms with van der Waals surface area (Å²) in [5.74, 6) is -0.763. The number of likely N-dealkylation sites (tertiary alicyclic amines) is 1. The molecule has 0 saturated carbocycles. The fraction of sp³-hybridized carbons (Fsp3) is 0.474. The predicted molar refractivity (Wildman–Crippen MR) is 96.0 cm³/mol. The summed E-state index contributed by atoms with van der Waals surface area (Å²) in [4.78, 5) is 36.7. The Morgan fingerprint density at radius 2 is 2.15 bits per heavy atom. The predicted octanol–water partition coefficient (Wildman–Crippen LogP) is 2.14. The first-order valence-corrected chi connectivity index (χ1v) is 8.98. The van der Waals surface area contributed by atoms with Crippen LogP contribution in [0.5, 0.6) is 0 Å². The van der Waals surface area contributed by atoms with E-state index in [9.17, 15) is 14.4 Å². The minimum Gasteiger partial charge on any atom is -0.478 e. The van der Waals surface area contributed by atoms with Gasteiger partial charge in [-0.05, 0) is 43.4 Å². The van der Waals surface area contributed by atoms with Gasteiger partial charge in [0.15, 0.2) is 0 Å². The van der Waals surface area contributed by atoms with Gasteiger partial charge < -0.3 is 10.0 Å². The van der Waals surface area contributed by atoms with Crippen molar-refractivity contribution in [3.63, 3.8) is 0 Å². The molecule has 0 radical (unpaired) electrons. The molecule has 1 aromatic carbocycles. The van der Waals surface area contributed by atoms with Gasteiger partial charge in [-0.15, -0.1) is 0 Å². The molecule has 3 rings (SSSR count). The van der Waals surface area contributed by atoms with Crippen molar-refractivity contribution >= 4 is 23.5 Å². The lowest BCUT2D eigenvalue weighted by Gasteiger charge is -2.33. The third-order valence-electron chi connectivity index (χ3n) is 4.99. The number of aromatic carboxylic acids is 1. The Kier molecular flexibility index (Phi) is 5.65. The highest BCUT2D eigenvalue weighted by molar-refractivity contribution is 5.94. The monoisotopic (exact) mass is 357 g/mol. The van der Waals surface area contributed by atoms with Gasteiger partial charge in [0.2, 0.25) is 11.8 Å². The number of carbonyl (C=O) groups excluding carboxylic acids is 2. The van der Waals surface area contributed by atoms with Crippen molar-refractivity contribution < 1.29 is 19.5 Å². The molecule has 138 valence electrons. The first-order chi connectivity index (χ1) is 12.5. The summed E-state index contributed by atoms with van der Waals surface area (Å²) in [5, 5.41) is 13.2. The van der Waals surface area contributed by atoms with Gasteiger partial charge in [-0.2, -0.15) is 5.10 Å². The molecule has 2 N–H and O–H groups in total. The highest BCUT2D eigenvalue weighted by atomic mass is 16.4. The molecule has 0 aliphatic carbocycles. The van der Waals surface area contributed by atoms with E-state index in [-0.39, 0.29) is 23.3 Å². The van der Waals surface area contributed by atoms with E-state index in [0.29, 0.717) is 32.2 Å². The Balaban J connectivity index is 1.57. The molecule has 0 aromatic heterocycles. The quantitative estimate of drug-likeness (QED) is 0.843. The van der Waals surface area contributed by atoms with Crippen molar-refractivity contribution in [3.05, 3.63) is 35.4 Å². The molecule has 2 heterocycles. The summed E-state index contributed by atoms with van der Waals surface area (Å²) in [7, 11) is 0. The second kappa shape index (κ2) is 8.12.